The SMILES string of the molecule is C=CN=C(C=C)CC.[V]. The van der Waals surface area contributed by atoms with Gasteiger partial charge in [-0.2, -0.15) is 0 Å². The van der Waals surface area contributed by atoms with E-state index in [1.165, 1.54) is 6.20 Å². The summed E-state index contributed by atoms with van der Waals surface area (Å²) in [4.78, 5) is 3.92. The minimum atomic E-state index is 0. The van der Waals surface area contributed by atoms with Crippen LogP contribution in [0.15, 0.2) is 30.4 Å². The summed E-state index contributed by atoms with van der Waals surface area (Å²) in [6, 6.07) is 0. The van der Waals surface area contributed by atoms with E-state index in [0.29, 0.717) is 0 Å². The molecule has 1 radical (unpaired) electrons. The molecule has 0 fully saturated rings. The first-order chi connectivity index (χ1) is 3.85. The van der Waals surface area contributed by atoms with Crippen LogP contribution in [0.4, 0.5) is 0 Å². The number of nitrogens with zero attached hydrogens (tertiary/aromatic N) is 1. The van der Waals surface area contributed by atoms with Crippen molar-refractivity contribution in [3.8, 4) is 0 Å². The molecule has 0 atom stereocenters. The Morgan fingerprint density at radius 1 is 1.56 bits per heavy atom. The van der Waals surface area contributed by atoms with Crippen molar-refractivity contribution in [3.63, 3.8) is 0 Å². The Morgan fingerprint density at radius 2 is 2.11 bits per heavy atom. The van der Waals surface area contributed by atoms with E-state index in [1.807, 2.05) is 6.92 Å². The molecule has 0 aliphatic carbocycles. The molecule has 0 N–H and O–H groups in total. The molecule has 0 rings (SSSR count). The Balaban J connectivity index is 0. The normalized spacial score (nSPS) is 9.67. The van der Waals surface area contributed by atoms with Crippen LogP contribution in [0.3, 0.4) is 0 Å². The van der Waals surface area contributed by atoms with Gasteiger partial charge in [-0.05, 0) is 12.5 Å². The molecule has 0 aliphatic heterocycles. The molecule has 2 heteroatoms. The van der Waals surface area contributed by atoms with Crippen molar-refractivity contribution in [2.24, 2.45) is 4.99 Å². The molecule has 9 heavy (non-hydrogen) atoms. The minimum absolute atomic E-state index is 0. The van der Waals surface area contributed by atoms with Gasteiger partial charge in [0.05, 0.1) is 0 Å². The smallest absolute Gasteiger partial charge is 0.0394 e. The van der Waals surface area contributed by atoms with Crippen LogP contribution >= 0.6 is 0 Å². The maximum atomic E-state index is 3.92. The van der Waals surface area contributed by atoms with E-state index in [1.54, 1.807) is 6.08 Å². The van der Waals surface area contributed by atoms with Crippen LogP contribution in [-0.4, -0.2) is 5.71 Å². The first-order valence-corrected chi connectivity index (χ1v) is 2.65. The number of rotatable bonds is 3. The Bertz CT molecular complexity index is 116. The number of aliphatic imine (C=N–C) groups is 1. The van der Waals surface area contributed by atoms with Gasteiger partial charge in [-0.3, -0.25) is 4.99 Å². The van der Waals surface area contributed by atoms with Crippen LogP contribution in [0.25, 0.3) is 0 Å². The van der Waals surface area contributed by atoms with E-state index in [4.69, 9.17) is 0 Å². The number of hydrogen-bond acceptors (Lipinski definition) is 1. The monoisotopic (exact) mass is 160 g/mol. The molecule has 0 bridgehead atoms. The topological polar surface area (TPSA) is 12.4 Å². The molecule has 0 aromatic rings. The van der Waals surface area contributed by atoms with Crippen LogP contribution < -0.4 is 0 Å². The minimum Gasteiger partial charge on any atom is -0.262 e. The van der Waals surface area contributed by atoms with Gasteiger partial charge in [-0.1, -0.05) is 20.1 Å². The number of hydrogen-bond donors (Lipinski definition) is 0. The fourth-order valence-electron chi connectivity index (χ4n) is 0.406. The molecular weight excluding hydrogens is 149 g/mol. The second kappa shape index (κ2) is 7.73. The van der Waals surface area contributed by atoms with Crippen LogP contribution in [0.2, 0.25) is 0 Å². The van der Waals surface area contributed by atoms with Crippen molar-refractivity contribution in [2.45, 2.75) is 13.3 Å². The summed E-state index contributed by atoms with van der Waals surface area (Å²) >= 11 is 0. The van der Waals surface area contributed by atoms with E-state index < -0.39 is 0 Å². The quantitative estimate of drug-likeness (QED) is 0.561. The molecule has 0 aromatic carbocycles. The van der Waals surface area contributed by atoms with Gasteiger partial charge in [0.1, 0.15) is 0 Å². The van der Waals surface area contributed by atoms with Crippen molar-refractivity contribution in [2.75, 3.05) is 0 Å². The molecule has 0 aliphatic rings. The molecule has 0 spiro atoms. The van der Waals surface area contributed by atoms with Gasteiger partial charge in [0.15, 0.2) is 0 Å². The first kappa shape index (κ1) is 11.5. The van der Waals surface area contributed by atoms with Crippen LogP contribution in [0.5, 0.6) is 0 Å². The Labute approximate surface area is 68.5 Å². The van der Waals surface area contributed by atoms with Crippen molar-refractivity contribution < 1.29 is 18.6 Å². The Kier molecular flexibility index (Phi) is 9.90. The molecule has 0 amide bonds. The fourth-order valence-corrected chi connectivity index (χ4v) is 0.406. The van der Waals surface area contributed by atoms with E-state index >= 15 is 0 Å². The predicted octanol–water partition coefficient (Wildman–Crippen LogP) is 2.16. The third-order valence-electron chi connectivity index (χ3n) is 0.855. The van der Waals surface area contributed by atoms with E-state index in [-0.39, 0.29) is 18.6 Å². The maximum absolute atomic E-state index is 3.92. The second-order valence-corrected chi connectivity index (χ2v) is 1.36. The zero-order chi connectivity index (χ0) is 6.41. The summed E-state index contributed by atoms with van der Waals surface area (Å²) in [5.74, 6) is 0. The molecule has 49 valence electrons. The maximum Gasteiger partial charge on any atom is 0.0394 e. The third kappa shape index (κ3) is 5.61. The van der Waals surface area contributed by atoms with E-state index in [0.717, 1.165) is 12.1 Å². The second-order valence-electron chi connectivity index (χ2n) is 1.36. The molecule has 0 heterocycles. The van der Waals surface area contributed by atoms with Gasteiger partial charge >= 0.3 is 0 Å². The average molecular weight is 160 g/mol. The van der Waals surface area contributed by atoms with E-state index in [2.05, 4.69) is 18.2 Å². The third-order valence-corrected chi connectivity index (χ3v) is 0.855. The van der Waals surface area contributed by atoms with Gasteiger partial charge in [-0.15, -0.1) is 0 Å². The average Bonchev–Trinajstić information content (AvgIpc) is 1.83. The molecule has 1 nitrogen and oxygen atoms in total. The zero-order valence-electron chi connectivity index (χ0n) is 5.67. The summed E-state index contributed by atoms with van der Waals surface area (Å²) in [5.41, 5.74) is 0.986. The first-order valence-electron chi connectivity index (χ1n) is 2.65. The standard InChI is InChI=1S/C7H11N.V/c1-4-7(5-2)8-6-3;/h4,6H,1,3,5H2,2H3;. The largest absolute Gasteiger partial charge is 0.262 e. The molecular formula is C7H11NV. The summed E-state index contributed by atoms with van der Waals surface area (Å²) in [7, 11) is 0. The molecule has 0 saturated carbocycles. The fraction of sp³-hybridized carbons (Fsp3) is 0.286. The van der Waals surface area contributed by atoms with Gasteiger partial charge in [0, 0.05) is 30.5 Å². The van der Waals surface area contributed by atoms with Gasteiger partial charge < -0.3 is 0 Å². The summed E-state index contributed by atoms with van der Waals surface area (Å²) in [6.45, 7) is 9.06. The van der Waals surface area contributed by atoms with Gasteiger partial charge in [0.25, 0.3) is 0 Å². The van der Waals surface area contributed by atoms with Crippen molar-refractivity contribution >= 4 is 5.71 Å². The van der Waals surface area contributed by atoms with Crippen LogP contribution in [0.1, 0.15) is 13.3 Å². The predicted molar refractivity (Wildman–Crippen MR) is 38.1 cm³/mol. The van der Waals surface area contributed by atoms with Crippen LogP contribution in [0, 0.1) is 0 Å². The Hall–Kier alpha value is -0.266. The van der Waals surface area contributed by atoms with Gasteiger partial charge in [0.2, 0.25) is 0 Å². The van der Waals surface area contributed by atoms with Crippen LogP contribution in [-0.2, 0) is 18.6 Å². The van der Waals surface area contributed by atoms with Crippen molar-refractivity contribution in [3.05, 3.63) is 25.4 Å². The summed E-state index contributed by atoms with van der Waals surface area (Å²) in [6.07, 6.45) is 4.19. The molecule has 0 aromatic heterocycles. The molecule has 0 saturated heterocycles. The van der Waals surface area contributed by atoms with E-state index in [9.17, 15) is 0 Å². The van der Waals surface area contributed by atoms with Crippen molar-refractivity contribution in [1.82, 2.24) is 0 Å². The summed E-state index contributed by atoms with van der Waals surface area (Å²) < 4.78 is 0. The molecule has 0 unspecified atom stereocenters. The van der Waals surface area contributed by atoms with Crippen molar-refractivity contribution in [1.29, 1.82) is 0 Å². The van der Waals surface area contributed by atoms with Gasteiger partial charge in [-0.25, -0.2) is 0 Å². The number of allylic oxidation sites excluding steroid dienone is 1. The summed E-state index contributed by atoms with van der Waals surface area (Å²) in [5, 5.41) is 0. The zero-order valence-corrected chi connectivity index (χ0v) is 7.07. The Morgan fingerprint density at radius 3 is 2.22 bits per heavy atom.